The molecule has 182 valence electrons. The van der Waals surface area contributed by atoms with Crippen LogP contribution in [0, 0.1) is 18.8 Å². The topological polar surface area (TPSA) is 78.3 Å². The van der Waals surface area contributed by atoms with Gasteiger partial charge in [0.15, 0.2) is 0 Å². The summed E-state index contributed by atoms with van der Waals surface area (Å²) in [5.41, 5.74) is 5.27. The SMILES string of the molecule is Oc1ccccc1N1C=CN(c2[c-]cccc2)[CH-]1.[Ir+3].[c-]1c(-c2ccncn2)cccc1-c1ccncn1. The monoisotopic (exact) mass is 662 g/mol. The van der Waals surface area contributed by atoms with Crippen molar-refractivity contribution in [3.05, 3.63) is 135 Å². The van der Waals surface area contributed by atoms with Gasteiger partial charge in [-0.25, -0.2) is 9.97 Å². The zero-order valence-electron chi connectivity index (χ0n) is 19.5. The first kappa shape index (κ1) is 25.7. The van der Waals surface area contributed by atoms with Crippen LogP contribution in [0.3, 0.4) is 0 Å². The number of para-hydroxylation sites is 3. The van der Waals surface area contributed by atoms with Crippen LogP contribution in [0.15, 0.2) is 116 Å². The second-order valence-corrected chi connectivity index (χ2v) is 7.63. The van der Waals surface area contributed by atoms with Crippen LogP contribution < -0.4 is 9.80 Å². The van der Waals surface area contributed by atoms with E-state index in [0.29, 0.717) is 0 Å². The fourth-order valence-corrected chi connectivity index (χ4v) is 3.53. The number of nitrogens with zero attached hydrogens (tertiary/aromatic N) is 6. The van der Waals surface area contributed by atoms with Crippen molar-refractivity contribution in [3.8, 4) is 28.3 Å². The Balaban J connectivity index is 0.000000168. The number of phenols is 1. The van der Waals surface area contributed by atoms with Gasteiger partial charge in [0.25, 0.3) is 0 Å². The molecule has 0 atom stereocenters. The molecular weight excluding hydrogens is 641 g/mol. The van der Waals surface area contributed by atoms with Crippen LogP contribution in [0.5, 0.6) is 5.75 Å². The molecule has 5 aromatic rings. The zero-order chi connectivity index (χ0) is 24.6. The first-order valence-corrected chi connectivity index (χ1v) is 11.2. The van der Waals surface area contributed by atoms with Gasteiger partial charge in [0, 0.05) is 23.8 Å². The molecule has 0 radical (unpaired) electrons. The number of phenolic OH excluding ortho intramolecular Hbond substituents is 1. The maximum absolute atomic E-state index is 9.81. The van der Waals surface area contributed by atoms with E-state index >= 15 is 0 Å². The molecule has 0 aliphatic carbocycles. The Bertz CT molecular complexity index is 1380. The van der Waals surface area contributed by atoms with E-state index in [4.69, 9.17) is 0 Å². The number of hydrogen-bond acceptors (Lipinski definition) is 7. The van der Waals surface area contributed by atoms with Gasteiger partial charge in [-0.2, -0.15) is 30.3 Å². The standard InChI is InChI=1S/C15H12N2O.C14H9N4.Ir/c18-15-9-5-4-8-14(15)17-11-10-16(12-17)13-6-2-1-3-7-13;1-2-11(13-4-6-15-9-17-13)8-12(3-1)14-5-7-16-10-18-14;/h1-6,8-12,18H;1-7,9-10H;/q-2;-1;+3. The predicted molar refractivity (Wildman–Crippen MR) is 139 cm³/mol. The number of anilines is 2. The third-order valence-corrected chi connectivity index (χ3v) is 5.28. The summed E-state index contributed by atoms with van der Waals surface area (Å²) in [4.78, 5) is 20.1. The molecule has 1 N–H and O–H groups in total. The summed E-state index contributed by atoms with van der Waals surface area (Å²) in [6.07, 6.45) is 10.3. The minimum atomic E-state index is 0. The first-order valence-electron chi connectivity index (χ1n) is 11.2. The molecular formula is C29H21IrN6O. The van der Waals surface area contributed by atoms with Gasteiger partial charge in [-0.1, -0.05) is 35.4 Å². The summed E-state index contributed by atoms with van der Waals surface area (Å²) in [6.45, 7) is 1.90. The largest absolute Gasteiger partial charge is 3.00 e. The van der Waals surface area contributed by atoms with Crippen molar-refractivity contribution in [2.24, 2.45) is 0 Å². The van der Waals surface area contributed by atoms with Crippen LogP contribution in [0.2, 0.25) is 0 Å². The van der Waals surface area contributed by atoms with Gasteiger partial charge in [0.05, 0.1) is 5.69 Å². The minimum absolute atomic E-state index is 0. The molecule has 2 aromatic heterocycles. The second kappa shape index (κ2) is 12.5. The van der Waals surface area contributed by atoms with Crippen molar-refractivity contribution in [3.63, 3.8) is 0 Å². The summed E-state index contributed by atoms with van der Waals surface area (Å²) in [5.74, 6) is 0.261. The smallest absolute Gasteiger partial charge is 0.506 e. The third-order valence-electron chi connectivity index (χ3n) is 5.28. The van der Waals surface area contributed by atoms with Gasteiger partial charge in [-0.05, 0) is 24.5 Å². The summed E-state index contributed by atoms with van der Waals surface area (Å²) >= 11 is 0. The molecule has 0 saturated carbocycles. The summed E-state index contributed by atoms with van der Waals surface area (Å²) in [7, 11) is 0. The van der Waals surface area contributed by atoms with E-state index in [2.05, 4.69) is 32.1 Å². The van der Waals surface area contributed by atoms with E-state index in [9.17, 15) is 5.11 Å². The van der Waals surface area contributed by atoms with Crippen molar-refractivity contribution < 1.29 is 25.2 Å². The molecule has 0 unspecified atom stereocenters. The number of aromatic nitrogens is 4. The van der Waals surface area contributed by atoms with Crippen molar-refractivity contribution in [1.82, 2.24) is 19.9 Å². The summed E-state index contributed by atoms with van der Waals surface area (Å²) in [6, 6.07) is 31.1. The molecule has 6 rings (SSSR count). The summed E-state index contributed by atoms with van der Waals surface area (Å²) in [5, 5.41) is 9.81. The van der Waals surface area contributed by atoms with Crippen LogP contribution >= 0.6 is 0 Å². The molecule has 8 heteroatoms. The van der Waals surface area contributed by atoms with Crippen molar-refractivity contribution >= 4 is 11.4 Å². The molecule has 0 amide bonds. The van der Waals surface area contributed by atoms with Crippen LogP contribution in [0.25, 0.3) is 22.5 Å². The van der Waals surface area contributed by atoms with E-state index < -0.39 is 0 Å². The Labute approximate surface area is 229 Å². The first-order chi connectivity index (χ1) is 17.8. The zero-order valence-corrected chi connectivity index (χ0v) is 21.9. The molecule has 0 spiro atoms. The molecule has 3 heterocycles. The molecule has 0 saturated heterocycles. The average Bonchev–Trinajstić information content (AvgIpc) is 3.45. The minimum Gasteiger partial charge on any atom is -0.506 e. The quantitative estimate of drug-likeness (QED) is 0.255. The van der Waals surface area contributed by atoms with Crippen molar-refractivity contribution in [1.29, 1.82) is 0 Å². The fraction of sp³-hybridized carbons (Fsp3) is 0. The van der Waals surface area contributed by atoms with Crippen LogP contribution in [0.4, 0.5) is 11.4 Å². The maximum atomic E-state index is 9.81. The predicted octanol–water partition coefficient (Wildman–Crippen LogP) is 5.51. The van der Waals surface area contributed by atoms with Crippen LogP contribution in [-0.4, -0.2) is 25.0 Å². The average molecular weight is 662 g/mol. The number of hydrogen-bond donors (Lipinski definition) is 1. The maximum Gasteiger partial charge on any atom is 3.00 e. The molecule has 3 aromatic carbocycles. The van der Waals surface area contributed by atoms with Gasteiger partial charge in [-0.15, -0.1) is 36.6 Å². The van der Waals surface area contributed by atoms with Crippen molar-refractivity contribution in [2.75, 3.05) is 9.80 Å². The van der Waals surface area contributed by atoms with E-state index in [1.807, 2.05) is 95.6 Å². The second-order valence-electron chi connectivity index (χ2n) is 7.63. The Kier molecular flexibility index (Phi) is 8.70. The number of benzene rings is 3. The molecule has 37 heavy (non-hydrogen) atoms. The van der Waals surface area contributed by atoms with Gasteiger partial charge < -0.3 is 14.9 Å². The molecule has 0 fully saturated rings. The van der Waals surface area contributed by atoms with Crippen molar-refractivity contribution in [2.45, 2.75) is 0 Å². The number of rotatable bonds is 4. The van der Waals surface area contributed by atoms with Gasteiger partial charge in [0.2, 0.25) is 0 Å². The van der Waals surface area contributed by atoms with E-state index in [1.54, 1.807) is 24.5 Å². The Hall–Kier alpha value is -4.39. The Morgan fingerprint density at radius 2 is 1.35 bits per heavy atom. The van der Waals surface area contributed by atoms with Crippen LogP contribution in [-0.2, 0) is 20.1 Å². The van der Waals surface area contributed by atoms with E-state index in [1.165, 1.54) is 12.7 Å². The van der Waals surface area contributed by atoms with Gasteiger partial charge in [-0.3, -0.25) is 9.97 Å². The van der Waals surface area contributed by atoms with E-state index in [-0.39, 0.29) is 25.9 Å². The molecule has 0 bridgehead atoms. The summed E-state index contributed by atoms with van der Waals surface area (Å²) < 4.78 is 0. The third kappa shape index (κ3) is 6.44. The number of aromatic hydroxyl groups is 1. The van der Waals surface area contributed by atoms with Crippen LogP contribution in [0.1, 0.15) is 0 Å². The van der Waals surface area contributed by atoms with Gasteiger partial charge in [0.1, 0.15) is 18.4 Å². The normalized spacial score (nSPS) is 11.9. The molecule has 1 aliphatic rings. The Morgan fingerprint density at radius 1 is 0.703 bits per heavy atom. The van der Waals surface area contributed by atoms with E-state index in [0.717, 1.165) is 33.9 Å². The fourth-order valence-electron chi connectivity index (χ4n) is 3.53. The Morgan fingerprint density at radius 3 is 1.95 bits per heavy atom. The van der Waals surface area contributed by atoms with Gasteiger partial charge >= 0.3 is 20.1 Å². The molecule has 1 aliphatic heterocycles. The molecule has 7 nitrogen and oxygen atoms in total.